The van der Waals surface area contributed by atoms with Crippen molar-refractivity contribution in [3.05, 3.63) is 0 Å². The molecule has 0 aromatic heterocycles. The largest absolute Gasteiger partial charge is 0.398 e. The lowest BCUT2D eigenvalue weighted by Gasteiger charge is -1.87. The molecule has 0 saturated carbocycles. The molecule has 0 atom stereocenters. The van der Waals surface area contributed by atoms with Crippen molar-refractivity contribution < 1.29 is 17.2 Å². The molecule has 0 fully saturated rings. The van der Waals surface area contributed by atoms with Crippen LogP contribution in [0.1, 0.15) is 0 Å². The molecule has 44 valence electrons. The van der Waals surface area contributed by atoms with E-state index >= 15 is 0 Å². The zero-order chi connectivity index (χ0) is 5.91. The van der Waals surface area contributed by atoms with E-state index in [1.165, 1.54) is 0 Å². The molecule has 0 spiro atoms. The first kappa shape index (κ1) is 7.35. The van der Waals surface area contributed by atoms with Crippen LogP contribution < -0.4 is 0 Å². The molecule has 0 aromatic carbocycles. The molecule has 0 aromatic rings. The van der Waals surface area contributed by atoms with E-state index in [1.54, 1.807) is 0 Å². The monoisotopic (exact) mass is 190 g/mol. The van der Waals surface area contributed by atoms with Gasteiger partial charge < -0.3 is 0 Å². The van der Waals surface area contributed by atoms with Gasteiger partial charge in [0.1, 0.15) is 5.52 Å². The highest BCUT2D eigenvalue weighted by atomic mass is 79.9. The third kappa shape index (κ3) is 6.35. The van der Waals surface area contributed by atoms with E-state index < -0.39 is 10.4 Å². The van der Waals surface area contributed by atoms with Gasteiger partial charge in [-0.3, -0.25) is 4.55 Å². The molecule has 7 heavy (non-hydrogen) atoms. The van der Waals surface area contributed by atoms with E-state index in [2.05, 4.69) is 20.1 Å². The maximum Gasteiger partial charge on any atom is 0.398 e. The van der Waals surface area contributed by atoms with E-state index in [1.807, 2.05) is 0 Å². The fourth-order valence-corrected chi connectivity index (χ4v) is 0.877. The minimum atomic E-state index is -4.22. The Balaban J connectivity index is 3.60. The van der Waals surface area contributed by atoms with Crippen LogP contribution in [-0.2, 0) is 14.6 Å². The van der Waals surface area contributed by atoms with Crippen LogP contribution in [0.25, 0.3) is 0 Å². The van der Waals surface area contributed by atoms with Crippen LogP contribution in [0.4, 0.5) is 0 Å². The number of hydrogen-bond acceptors (Lipinski definition) is 3. The van der Waals surface area contributed by atoms with Gasteiger partial charge in [-0.15, -0.1) is 0 Å². The third-order valence-corrected chi connectivity index (χ3v) is 1.14. The van der Waals surface area contributed by atoms with Crippen LogP contribution in [-0.4, -0.2) is 18.5 Å². The summed E-state index contributed by atoms with van der Waals surface area (Å²) in [4.78, 5) is 0. The molecule has 0 bridgehead atoms. The molecule has 0 amide bonds. The smallest absolute Gasteiger partial charge is 0.264 e. The van der Waals surface area contributed by atoms with Crippen LogP contribution in [0.3, 0.4) is 0 Å². The van der Waals surface area contributed by atoms with Gasteiger partial charge in [0.2, 0.25) is 0 Å². The summed E-state index contributed by atoms with van der Waals surface area (Å²) < 4.78 is 30.5. The second-order valence-electron chi connectivity index (χ2n) is 0.655. The van der Waals surface area contributed by atoms with Crippen molar-refractivity contribution in [1.82, 2.24) is 0 Å². The molecule has 0 rings (SSSR count). The normalized spacial score (nSPS) is 11.7. The Bertz CT molecular complexity index is 125. The number of halogens is 1. The predicted octanol–water partition coefficient (Wildman–Crippen LogP) is 0.158. The Kier molecular flexibility index (Phi) is 2.74. The van der Waals surface area contributed by atoms with Crippen molar-refractivity contribution in [3.8, 4) is 0 Å². The first-order valence-corrected chi connectivity index (χ1v) is 3.73. The molecule has 0 radical (unpaired) electrons. The zero-order valence-electron chi connectivity index (χ0n) is 3.17. The van der Waals surface area contributed by atoms with Gasteiger partial charge in [0, 0.05) is 0 Å². The molecule has 1 N–H and O–H groups in total. The van der Waals surface area contributed by atoms with Crippen LogP contribution in [0.15, 0.2) is 0 Å². The minimum Gasteiger partial charge on any atom is -0.264 e. The molecule has 0 unspecified atom stereocenters. The van der Waals surface area contributed by atoms with Gasteiger partial charge in [0.15, 0.2) is 0 Å². The Labute approximate surface area is 49.6 Å². The summed E-state index contributed by atoms with van der Waals surface area (Å²) in [5, 5.41) is 0. The summed E-state index contributed by atoms with van der Waals surface area (Å²) in [6.45, 7) is 0. The average Bonchev–Trinajstić information content (AvgIpc) is 1.30. The molecular formula is CH3BrO4S. The van der Waals surface area contributed by atoms with Crippen molar-refractivity contribution in [2.45, 2.75) is 0 Å². The Hall–Kier alpha value is 0.350. The quantitative estimate of drug-likeness (QED) is 0.498. The van der Waals surface area contributed by atoms with Crippen molar-refractivity contribution in [2.75, 3.05) is 5.52 Å². The third-order valence-electron chi connectivity index (χ3n) is 0.193. The topological polar surface area (TPSA) is 63.6 Å². The van der Waals surface area contributed by atoms with Gasteiger partial charge >= 0.3 is 10.4 Å². The first-order valence-electron chi connectivity index (χ1n) is 1.24. The van der Waals surface area contributed by atoms with Gasteiger partial charge in [-0.25, -0.2) is 4.18 Å². The van der Waals surface area contributed by atoms with Gasteiger partial charge in [-0.2, -0.15) is 8.42 Å². The molecule has 0 saturated heterocycles. The standard InChI is InChI=1S/CH3BrO4S/c2-1-6-7(3,4)5/h1H2,(H,3,4,5). The number of hydrogen-bond donors (Lipinski definition) is 1. The second kappa shape index (κ2) is 2.61. The maximum absolute atomic E-state index is 9.53. The van der Waals surface area contributed by atoms with Gasteiger partial charge in [-0.1, -0.05) is 15.9 Å². The Morgan fingerprint density at radius 3 is 2.14 bits per heavy atom. The number of alkyl halides is 1. The van der Waals surface area contributed by atoms with E-state index in [9.17, 15) is 8.42 Å². The van der Waals surface area contributed by atoms with Crippen molar-refractivity contribution in [1.29, 1.82) is 0 Å². The fraction of sp³-hybridized carbons (Fsp3) is 1.00. The van der Waals surface area contributed by atoms with E-state index in [0.29, 0.717) is 0 Å². The molecule has 0 aliphatic carbocycles. The summed E-state index contributed by atoms with van der Waals surface area (Å²) in [6.07, 6.45) is 0. The summed E-state index contributed by atoms with van der Waals surface area (Å²) in [5.74, 6) is 0. The predicted molar refractivity (Wildman–Crippen MR) is 26.4 cm³/mol. The van der Waals surface area contributed by atoms with E-state index in [0.717, 1.165) is 0 Å². The highest BCUT2D eigenvalue weighted by Gasteiger charge is 1.98. The fourth-order valence-electron chi connectivity index (χ4n) is 0.0563. The molecule has 0 aliphatic rings. The number of rotatable bonds is 2. The van der Waals surface area contributed by atoms with Crippen LogP contribution in [0, 0.1) is 0 Å². The summed E-state index contributed by atoms with van der Waals surface area (Å²) in [5.41, 5.74) is -0.216. The molecule has 0 heterocycles. The van der Waals surface area contributed by atoms with E-state index in [4.69, 9.17) is 4.55 Å². The molecule has 6 heteroatoms. The lowest BCUT2D eigenvalue weighted by molar-refractivity contribution is 0.316. The average molecular weight is 191 g/mol. The van der Waals surface area contributed by atoms with Gasteiger partial charge in [0.05, 0.1) is 0 Å². The lowest BCUT2D eigenvalue weighted by Crippen LogP contribution is -2.00. The summed E-state index contributed by atoms with van der Waals surface area (Å²) in [7, 11) is -4.22. The highest BCUT2D eigenvalue weighted by Crippen LogP contribution is 1.88. The Morgan fingerprint density at radius 1 is 1.71 bits per heavy atom. The molecular weight excluding hydrogens is 188 g/mol. The van der Waals surface area contributed by atoms with E-state index in [-0.39, 0.29) is 5.52 Å². The van der Waals surface area contributed by atoms with Crippen LogP contribution >= 0.6 is 15.9 Å². The zero-order valence-corrected chi connectivity index (χ0v) is 5.57. The van der Waals surface area contributed by atoms with Crippen molar-refractivity contribution in [2.24, 2.45) is 0 Å². The Morgan fingerprint density at radius 2 is 2.14 bits per heavy atom. The van der Waals surface area contributed by atoms with Crippen molar-refractivity contribution >= 4 is 26.3 Å². The van der Waals surface area contributed by atoms with Crippen molar-refractivity contribution in [3.63, 3.8) is 0 Å². The summed E-state index contributed by atoms with van der Waals surface area (Å²) >= 11 is 2.62. The maximum atomic E-state index is 9.53. The van der Waals surface area contributed by atoms with Gasteiger partial charge in [0.25, 0.3) is 0 Å². The van der Waals surface area contributed by atoms with Crippen LogP contribution in [0.2, 0.25) is 0 Å². The van der Waals surface area contributed by atoms with Crippen LogP contribution in [0.5, 0.6) is 0 Å². The second-order valence-corrected chi connectivity index (χ2v) is 2.20. The lowest BCUT2D eigenvalue weighted by atomic mass is 11.8. The first-order chi connectivity index (χ1) is 3.06. The minimum absolute atomic E-state index is 0.216. The van der Waals surface area contributed by atoms with Gasteiger partial charge in [-0.05, 0) is 0 Å². The molecule has 4 nitrogen and oxygen atoms in total. The molecule has 0 aliphatic heterocycles. The SMILES string of the molecule is O=S(=O)(O)OCBr. The summed E-state index contributed by atoms with van der Waals surface area (Å²) in [6, 6.07) is 0. The highest BCUT2D eigenvalue weighted by molar-refractivity contribution is 9.09.